The van der Waals surface area contributed by atoms with Crippen LogP contribution in [-0.2, 0) is 33.2 Å². The maximum absolute atomic E-state index is 13.4. The van der Waals surface area contributed by atoms with E-state index in [9.17, 15) is 61.0 Å². The predicted molar refractivity (Wildman–Crippen MR) is 378 cm³/mol. The number of unbranched alkanes of at least 4 members (excludes halogenated alkanes) is 21. The van der Waals surface area contributed by atoms with Crippen molar-refractivity contribution in [2.45, 2.75) is 330 Å². The minimum absolute atomic E-state index is 0.218. The lowest BCUT2D eigenvalue weighted by atomic mass is 9.96. The fraction of sp³-hybridized carbons (Fsp3) is 0.727. The Morgan fingerprint density at radius 2 is 0.729 bits per heavy atom. The van der Waals surface area contributed by atoms with E-state index in [4.69, 9.17) is 28.4 Å². The van der Waals surface area contributed by atoms with E-state index in [0.29, 0.717) is 12.8 Å². The van der Waals surface area contributed by atoms with Crippen molar-refractivity contribution in [2.24, 2.45) is 0 Å². The predicted octanol–water partition coefficient (Wildman–Crippen LogP) is 10.8. The van der Waals surface area contributed by atoms with E-state index in [1.807, 2.05) is 6.08 Å². The van der Waals surface area contributed by atoms with Crippen molar-refractivity contribution in [3.05, 3.63) is 122 Å². The zero-order chi connectivity index (χ0) is 69.6. The van der Waals surface area contributed by atoms with E-state index in [0.717, 1.165) is 116 Å². The fourth-order valence-electron chi connectivity index (χ4n) is 11.6. The quantitative estimate of drug-likeness (QED) is 0.0199. The van der Waals surface area contributed by atoms with Gasteiger partial charge in [-0.1, -0.05) is 245 Å². The number of aliphatic hydroxyl groups excluding tert-OH is 11. The maximum atomic E-state index is 13.4. The Bertz CT molecular complexity index is 2210. The highest BCUT2D eigenvalue weighted by molar-refractivity contribution is 5.76. The van der Waals surface area contributed by atoms with Gasteiger partial charge in [-0.05, 0) is 96.3 Å². The molecule has 12 N–H and O–H groups in total. The Hall–Kier alpha value is -3.81. The van der Waals surface area contributed by atoms with Gasteiger partial charge in [0, 0.05) is 6.42 Å². The lowest BCUT2D eigenvalue weighted by Crippen LogP contribution is -2.66. The van der Waals surface area contributed by atoms with Crippen LogP contribution in [0.3, 0.4) is 0 Å². The van der Waals surface area contributed by atoms with Crippen LogP contribution in [0.5, 0.6) is 0 Å². The van der Waals surface area contributed by atoms with E-state index >= 15 is 0 Å². The van der Waals surface area contributed by atoms with Crippen molar-refractivity contribution in [3.63, 3.8) is 0 Å². The lowest BCUT2D eigenvalue weighted by molar-refractivity contribution is -0.379. The number of allylic oxidation sites excluding steroid dienone is 19. The molecular formula is C77H129NO18. The summed E-state index contributed by atoms with van der Waals surface area (Å²) in [6.07, 6.45) is 51.7. The van der Waals surface area contributed by atoms with Gasteiger partial charge in [0.2, 0.25) is 5.91 Å². The Morgan fingerprint density at radius 3 is 1.17 bits per heavy atom. The van der Waals surface area contributed by atoms with Crippen molar-refractivity contribution >= 4 is 5.91 Å². The molecule has 3 aliphatic rings. The van der Waals surface area contributed by atoms with E-state index < -0.39 is 124 Å². The van der Waals surface area contributed by atoms with Crippen molar-refractivity contribution in [3.8, 4) is 0 Å². The molecule has 0 aliphatic carbocycles. The van der Waals surface area contributed by atoms with Gasteiger partial charge in [0.1, 0.15) is 73.2 Å². The van der Waals surface area contributed by atoms with Crippen LogP contribution in [0.15, 0.2) is 122 Å². The molecule has 0 aromatic rings. The average Bonchev–Trinajstić information content (AvgIpc) is 0.787. The SMILES string of the molecule is CC/C=C\C/C=C\C/C=C\C/C=C\C/C=C\C/C=C\C/C=C\C/C=C\CCCCCCCCCCC(=O)NC(COC1OC(CO)C(OC2OC(CO)C(OC3OC(CO)C(O)C(O)C3O)C(O)C2O)C(O)C1O)C(O)/C=C/CC/C=C/CCCCCCCCCCCCCC. The number of nitrogens with one attached hydrogen (secondary N) is 1. The minimum atomic E-state index is -1.99. The first kappa shape index (κ1) is 86.4. The summed E-state index contributed by atoms with van der Waals surface area (Å²) in [7, 11) is 0. The van der Waals surface area contributed by atoms with E-state index in [2.05, 4.69) is 129 Å². The topological polar surface area (TPSA) is 307 Å². The van der Waals surface area contributed by atoms with Crippen molar-refractivity contribution < 1.29 is 89.4 Å². The van der Waals surface area contributed by atoms with Crippen LogP contribution in [0.25, 0.3) is 0 Å². The van der Waals surface area contributed by atoms with Crippen molar-refractivity contribution in [2.75, 3.05) is 26.4 Å². The van der Waals surface area contributed by atoms with Crippen LogP contribution in [0.4, 0.5) is 0 Å². The second-order valence-electron chi connectivity index (χ2n) is 25.7. The highest BCUT2D eigenvalue weighted by Crippen LogP contribution is 2.33. The molecular weight excluding hydrogens is 1230 g/mol. The number of carbonyl (C=O) groups is 1. The molecule has 3 saturated heterocycles. The third-order valence-electron chi connectivity index (χ3n) is 17.5. The van der Waals surface area contributed by atoms with Gasteiger partial charge in [0.05, 0.1) is 38.6 Å². The Labute approximate surface area is 576 Å². The number of rotatable bonds is 55. The standard InChI is InChI=1S/C77H129NO18/c1-3-5-7-9-11-13-15-17-19-21-23-24-25-26-27-28-29-30-31-32-33-34-35-36-37-39-41-43-45-47-49-51-53-55-65(83)78-60(61(82)54-52-50-48-46-44-42-40-38-22-20-18-16-14-12-10-8-6-4-2)59-91-75-71(89)68(86)73(63(57-80)93-75)96-77-72(90)69(87)74(64(58-81)94-77)95-76-70(88)67(85)66(84)62(56-79)92-76/h5,7,11,13,17,19,23-24,26-27,29-30,32-33,35-36,44,46,52,54,60-64,66-77,79-82,84-90H,3-4,6,8-10,12,14-16,18,20-22,25,28,31,34,37-43,45,47-51,53,55-59H2,1-2H3,(H,78,83)/b7-5-,13-11-,19-17-,24-23-,27-26-,30-29-,33-32-,36-35-,46-44+,54-52+. The van der Waals surface area contributed by atoms with Crippen LogP contribution < -0.4 is 5.32 Å². The Kier molecular flexibility index (Phi) is 51.2. The molecule has 17 unspecified atom stereocenters. The van der Waals surface area contributed by atoms with Gasteiger partial charge in [-0.25, -0.2) is 0 Å². The maximum Gasteiger partial charge on any atom is 0.220 e. The van der Waals surface area contributed by atoms with Gasteiger partial charge < -0.3 is 89.9 Å². The molecule has 19 heteroatoms. The van der Waals surface area contributed by atoms with Gasteiger partial charge in [0.25, 0.3) is 0 Å². The molecule has 96 heavy (non-hydrogen) atoms. The van der Waals surface area contributed by atoms with Gasteiger partial charge >= 0.3 is 0 Å². The molecule has 17 atom stereocenters. The molecule has 3 fully saturated rings. The van der Waals surface area contributed by atoms with E-state index in [-0.39, 0.29) is 18.9 Å². The molecule has 0 spiro atoms. The Morgan fingerprint density at radius 1 is 0.385 bits per heavy atom. The number of carbonyl (C=O) groups excluding carboxylic acids is 1. The van der Waals surface area contributed by atoms with Crippen LogP contribution in [0, 0.1) is 0 Å². The monoisotopic (exact) mass is 1360 g/mol. The number of aliphatic hydroxyl groups is 11. The zero-order valence-electron chi connectivity index (χ0n) is 58.3. The summed E-state index contributed by atoms with van der Waals surface area (Å²) in [6, 6.07) is -1.00. The van der Waals surface area contributed by atoms with Gasteiger partial charge in [0.15, 0.2) is 18.9 Å². The average molecular weight is 1360 g/mol. The molecule has 19 nitrogen and oxygen atoms in total. The lowest BCUT2D eigenvalue weighted by Gasteiger charge is -2.48. The van der Waals surface area contributed by atoms with Gasteiger partial charge in [-0.3, -0.25) is 4.79 Å². The molecule has 0 radical (unpaired) electrons. The third-order valence-corrected chi connectivity index (χ3v) is 17.5. The molecule has 0 saturated carbocycles. The van der Waals surface area contributed by atoms with Gasteiger partial charge in [-0.15, -0.1) is 0 Å². The molecule has 3 rings (SSSR count). The first-order chi connectivity index (χ1) is 46.8. The zero-order valence-corrected chi connectivity index (χ0v) is 58.3. The van der Waals surface area contributed by atoms with E-state index in [1.165, 1.54) is 77.0 Å². The summed E-state index contributed by atoms with van der Waals surface area (Å²) >= 11 is 0. The summed E-state index contributed by atoms with van der Waals surface area (Å²) in [4.78, 5) is 13.4. The molecule has 3 heterocycles. The molecule has 0 aromatic heterocycles. The van der Waals surface area contributed by atoms with Gasteiger partial charge in [-0.2, -0.15) is 0 Å². The summed E-state index contributed by atoms with van der Waals surface area (Å²) < 4.78 is 34.3. The normalized spacial score (nSPS) is 27.8. The highest BCUT2D eigenvalue weighted by Gasteiger charge is 2.53. The molecule has 0 aromatic carbocycles. The number of ether oxygens (including phenoxy) is 6. The second kappa shape index (κ2) is 56.9. The minimum Gasteiger partial charge on any atom is -0.394 e. The Balaban J connectivity index is 1.41. The van der Waals surface area contributed by atoms with Crippen LogP contribution >= 0.6 is 0 Å². The first-order valence-corrected chi connectivity index (χ1v) is 36.8. The van der Waals surface area contributed by atoms with Crippen LogP contribution in [-0.4, -0.2) is 193 Å². The number of hydrogen-bond acceptors (Lipinski definition) is 18. The van der Waals surface area contributed by atoms with Crippen molar-refractivity contribution in [1.82, 2.24) is 5.32 Å². The molecule has 550 valence electrons. The smallest absolute Gasteiger partial charge is 0.220 e. The van der Waals surface area contributed by atoms with Crippen LogP contribution in [0.1, 0.15) is 226 Å². The largest absolute Gasteiger partial charge is 0.394 e. The molecule has 3 aliphatic heterocycles. The van der Waals surface area contributed by atoms with Crippen molar-refractivity contribution in [1.29, 1.82) is 0 Å². The summed E-state index contributed by atoms with van der Waals surface area (Å²) in [6.45, 7) is 1.58. The molecule has 1 amide bonds. The fourth-order valence-corrected chi connectivity index (χ4v) is 11.6. The summed E-state index contributed by atoms with van der Waals surface area (Å²) in [5.74, 6) is -0.299. The second-order valence-corrected chi connectivity index (χ2v) is 25.7. The highest BCUT2D eigenvalue weighted by atomic mass is 16.8. The summed E-state index contributed by atoms with van der Waals surface area (Å²) in [5.41, 5.74) is 0. The summed E-state index contributed by atoms with van der Waals surface area (Å²) in [5, 5.41) is 121. The first-order valence-electron chi connectivity index (χ1n) is 36.8. The van der Waals surface area contributed by atoms with Crippen LogP contribution in [0.2, 0.25) is 0 Å². The number of hydrogen-bond donors (Lipinski definition) is 12. The number of amides is 1. The molecule has 0 bridgehead atoms. The third kappa shape index (κ3) is 37.6. The van der Waals surface area contributed by atoms with E-state index in [1.54, 1.807) is 6.08 Å².